The van der Waals surface area contributed by atoms with E-state index in [4.69, 9.17) is 14.0 Å². The summed E-state index contributed by atoms with van der Waals surface area (Å²) in [6, 6.07) is 16.1. The molecule has 1 N–H and O–H groups in total. The number of hydrogen-bond acceptors (Lipinski definition) is 9. The molecule has 0 saturated carbocycles. The summed E-state index contributed by atoms with van der Waals surface area (Å²) in [5, 5.41) is 7.59. The first kappa shape index (κ1) is 26.7. The van der Waals surface area contributed by atoms with Gasteiger partial charge in [-0.3, -0.25) is 0 Å². The molecule has 1 atom stereocenters. The van der Waals surface area contributed by atoms with Crippen LogP contribution in [0.25, 0.3) is 11.0 Å². The second kappa shape index (κ2) is 12.3. The van der Waals surface area contributed by atoms with Crippen LogP contribution in [0.15, 0.2) is 65.3 Å². The summed E-state index contributed by atoms with van der Waals surface area (Å²) in [5.74, 6) is 0.0915. The van der Waals surface area contributed by atoms with Crippen LogP contribution in [-0.2, 0) is 40.1 Å². The molecule has 0 unspecified atom stereocenters. The fourth-order valence-electron chi connectivity index (χ4n) is 3.68. The summed E-state index contributed by atoms with van der Waals surface area (Å²) in [4.78, 5) is 38.5. The Hall–Kier alpha value is -4.34. The normalized spacial score (nSPS) is 12.2. The maximum atomic E-state index is 12.9. The molecule has 0 spiro atoms. The number of esters is 1. The van der Waals surface area contributed by atoms with E-state index < -0.39 is 23.7 Å². The zero-order chi connectivity index (χ0) is 27.0. The number of nitrogens with one attached hydrogen (secondary N) is 1. The Morgan fingerprint density at radius 1 is 1.00 bits per heavy atom. The molecule has 0 fully saturated rings. The lowest BCUT2D eigenvalue weighted by Gasteiger charge is -2.22. The molecule has 3 aromatic heterocycles. The zero-order valence-electron chi connectivity index (χ0n) is 21.7. The van der Waals surface area contributed by atoms with Gasteiger partial charge in [0.2, 0.25) is 5.89 Å². The minimum absolute atomic E-state index is 0.0300. The highest BCUT2D eigenvalue weighted by Gasteiger charge is 2.28. The topological polar surface area (TPSA) is 129 Å². The molecule has 0 radical (unpaired) electrons. The van der Waals surface area contributed by atoms with Gasteiger partial charge < -0.3 is 19.3 Å². The van der Waals surface area contributed by atoms with Gasteiger partial charge in [-0.05, 0) is 63.4 Å². The molecular formula is C28H31N5O5. The van der Waals surface area contributed by atoms with E-state index in [9.17, 15) is 9.59 Å². The third-order valence-electron chi connectivity index (χ3n) is 5.44. The lowest BCUT2D eigenvalue weighted by Crippen LogP contribution is -2.45. The lowest BCUT2D eigenvalue weighted by atomic mass is 10.1. The first-order valence-electron chi connectivity index (χ1n) is 12.5. The lowest BCUT2D eigenvalue weighted by molar-refractivity contribution is -0.147. The molecule has 4 aromatic rings. The van der Waals surface area contributed by atoms with E-state index >= 15 is 0 Å². The first-order valence-corrected chi connectivity index (χ1v) is 12.5. The van der Waals surface area contributed by atoms with Gasteiger partial charge in [0.05, 0.1) is 6.42 Å². The molecule has 0 aliphatic rings. The molecule has 3 heterocycles. The maximum Gasteiger partial charge on any atom is 0.408 e. The average molecular weight is 518 g/mol. The molecular weight excluding hydrogens is 486 g/mol. The number of benzene rings is 1. The van der Waals surface area contributed by atoms with Gasteiger partial charge in [-0.1, -0.05) is 35.5 Å². The third-order valence-corrected chi connectivity index (χ3v) is 5.44. The summed E-state index contributed by atoms with van der Waals surface area (Å²) >= 11 is 0. The summed E-state index contributed by atoms with van der Waals surface area (Å²) in [6.07, 6.45) is 3.00. The van der Waals surface area contributed by atoms with E-state index in [-0.39, 0.29) is 18.9 Å². The van der Waals surface area contributed by atoms with Crippen molar-refractivity contribution in [2.24, 2.45) is 0 Å². The Bertz CT molecular complexity index is 1370. The van der Waals surface area contributed by atoms with Crippen molar-refractivity contribution < 1.29 is 23.6 Å². The number of ether oxygens (including phenoxy) is 2. The summed E-state index contributed by atoms with van der Waals surface area (Å²) < 4.78 is 16.1. The van der Waals surface area contributed by atoms with Gasteiger partial charge >= 0.3 is 12.1 Å². The number of pyridine rings is 2. The highest BCUT2D eigenvalue weighted by molar-refractivity contribution is 5.81. The number of amides is 1. The molecule has 10 heteroatoms. The van der Waals surface area contributed by atoms with Crippen LogP contribution in [0.3, 0.4) is 0 Å². The highest BCUT2D eigenvalue weighted by Crippen LogP contribution is 2.13. The number of hydrogen-bond donors (Lipinski definition) is 1. The summed E-state index contributed by atoms with van der Waals surface area (Å²) in [6.45, 7) is 5.29. The quantitative estimate of drug-likeness (QED) is 0.305. The van der Waals surface area contributed by atoms with Crippen LogP contribution >= 0.6 is 0 Å². The number of nitrogens with zero attached hydrogens (tertiary/aromatic N) is 4. The van der Waals surface area contributed by atoms with Crippen molar-refractivity contribution in [3.05, 3.63) is 83.8 Å². The van der Waals surface area contributed by atoms with Crippen molar-refractivity contribution in [3.8, 4) is 0 Å². The largest absolute Gasteiger partial charge is 0.459 e. The van der Waals surface area contributed by atoms with E-state index in [2.05, 4.69) is 25.4 Å². The Morgan fingerprint density at radius 2 is 1.82 bits per heavy atom. The Morgan fingerprint density at radius 3 is 2.61 bits per heavy atom. The third kappa shape index (κ3) is 8.09. The SMILES string of the molecule is CC(C)(C)OC(=O)N[C@@H](Cc1nc(CCCc2ccc3cccnc3n2)no1)C(=O)OCc1ccccc1. The van der Waals surface area contributed by atoms with E-state index in [1.807, 2.05) is 54.6 Å². The predicted molar refractivity (Wildman–Crippen MR) is 139 cm³/mol. The molecule has 0 aliphatic heterocycles. The van der Waals surface area contributed by atoms with Gasteiger partial charge in [-0.25, -0.2) is 19.6 Å². The Kier molecular flexibility index (Phi) is 8.62. The molecule has 0 bridgehead atoms. The van der Waals surface area contributed by atoms with Crippen LogP contribution in [0, 0.1) is 0 Å². The van der Waals surface area contributed by atoms with E-state index in [0.29, 0.717) is 12.2 Å². The van der Waals surface area contributed by atoms with Crippen LogP contribution in [0.1, 0.15) is 50.2 Å². The zero-order valence-corrected chi connectivity index (χ0v) is 21.7. The molecule has 10 nitrogen and oxygen atoms in total. The van der Waals surface area contributed by atoms with Crippen LogP contribution in [-0.4, -0.2) is 43.8 Å². The molecule has 0 aliphatic carbocycles. The second-order valence-electron chi connectivity index (χ2n) is 9.81. The minimum atomic E-state index is -1.06. The van der Waals surface area contributed by atoms with Gasteiger partial charge in [0.1, 0.15) is 18.2 Å². The number of aromatic nitrogens is 4. The number of carbonyl (C=O) groups is 2. The summed E-state index contributed by atoms with van der Waals surface area (Å²) in [5.41, 5.74) is 1.75. The molecule has 1 amide bonds. The molecule has 1 aromatic carbocycles. The van der Waals surface area contributed by atoms with Crippen LogP contribution in [0.5, 0.6) is 0 Å². The van der Waals surface area contributed by atoms with Crippen molar-refractivity contribution in [3.63, 3.8) is 0 Å². The fraction of sp³-hybridized carbons (Fsp3) is 0.357. The monoisotopic (exact) mass is 517 g/mol. The van der Waals surface area contributed by atoms with Crippen molar-refractivity contribution >= 4 is 23.1 Å². The standard InChI is InChI=1S/C28H31N5O5/c1-28(2,3)37-27(35)31-22(26(34)36-18-19-9-5-4-6-10-19)17-24-32-23(33-38-24)13-7-12-21-15-14-20-11-8-16-29-25(20)30-21/h4-6,8-11,14-16,22H,7,12-13,17-18H2,1-3H3,(H,31,35)/t22-/m0/s1. The molecule has 4 rings (SSSR count). The van der Waals surface area contributed by atoms with Crippen LogP contribution < -0.4 is 5.32 Å². The number of rotatable bonds is 10. The van der Waals surface area contributed by atoms with Gasteiger partial charge in [0.25, 0.3) is 0 Å². The van der Waals surface area contributed by atoms with Crippen molar-refractivity contribution in [2.45, 2.75) is 64.7 Å². The van der Waals surface area contributed by atoms with Crippen molar-refractivity contribution in [2.75, 3.05) is 0 Å². The predicted octanol–water partition coefficient (Wildman–Crippen LogP) is 4.37. The van der Waals surface area contributed by atoms with Crippen molar-refractivity contribution in [1.29, 1.82) is 0 Å². The summed E-state index contributed by atoms with van der Waals surface area (Å²) in [7, 11) is 0. The van der Waals surface area contributed by atoms with Gasteiger partial charge in [-0.15, -0.1) is 0 Å². The number of fused-ring (bicyclic) bond motifs is 1. The Balaban J connectivity index is 1.35. The minimum Gasteiger partial charge on any atom is -0.459 e. The van der Waals surface area contributed by atoms with E-state index in [1.54, 1.807) is 27.0 Å². The number of aryl methyl sites for hydroxylation is 2. The van der Waals surface area contributed by atoms with Crippen molar-refractivity contribution in [1.82, 2.24) is 25.4 Å². The molecule has 198 valence electrons. The number of alkyl carbamates (subject to hydrolysis) is 1. The van der Waals surface area contributed by atoms with Gasteiger partial charge in [0.15, 0.2) is 11.5 Å². The Labute approximate surface area is 220 Å². The van der Waals surface area contributed by atoms with Crippen LogP contribution in [0.4, 0.5) is 4.79 Å². The molecule has 0 saturated heterocycles. The van der Waals surface area contributed by atoms with Crippen LogP contribution in [0.2, 0.25) is 0 Å². The van der Waals surface area contributed by atoms with E-state index in [0.717, 1.165) is 35.1 Å². The maximum absolute atomic E-state index is 12.9. The highest BCUT2D eigenvalue weighted by atomic mass is 16.6. The van der Waals surface area contributed by atoms with Gasteiger partial charge in [0, 0.05) is 23.7 Å². The second-order valence-corrected chi connectivity index (χ2v) is 9.81. The first-order chi connectivity index (χ1) is 18.2. The van der Waals surface area contributed by atoms with Gasteiger partial charge in [-0.2, -0.15) is 4.98 Å². The van der Waals surface area contributed by atoms with E-state index in [1.165, 1.54) is 0 Å². The number of carbonyl (C=O) groups excluding carboxylic acids is 2. The average Bonchev–Trinajstić information content (AvgIpc) is 3.33. The molecule has 38 heavy (non-hydrogen) atoms. The fourth-order valence-corrected chi connectivity index (χ4v) is 3.68. The smallest absolute Gasteiger partial charge is 0.408 e.